The van der Waals surface area contributed by atoms with E-state index < -0.39 is 0 Å². The zero-order valence-electron chi connectivity index (χ0n) is 18.5. The van der Waals surface area contributed by atoms with E-state index in [9.17, 15) is 4.79 Å². The van der Waals surface area contributed by atoms with Crippen LogP contribution in [0.4, 0.5) is 5.82 Å². The Bertz CT molecular complexity index is 1250. The summed E-state index contributed by atoms with van der Waals surface area (Å²) in [6, 6.07) is 22.3. The van der Waals surface area contributed by atoms with Crippen molar-refractivity contribution in [1.29, 1.82) is 0 Å². The van der Waals surface area contributed by atoms with E-state index in [1.165, 1.54) is 16.5 Å². The quantitative estimate of drug-likeness (QED) is 0.407. The van der Waals surface area contributed by atoms with Crippen LogP contribution in [0.25, 0.3) is 10.9 Å². The summed E-state index contributed by atoms with van der Waals surface area (Å²) in [5.74, 6) is 1.20. The highest BCUT2D eigenvalue weighted by Gasteiger charge is 2.22. The average Bonchev–Trinajstić information content (AvgIpc) is 3.22. The third-order valence-electron chi connectivity index (χ3n) is 6.38. The molecule has 1 aliphatic rings. The Morgan fingerprint density at radius 1 is 0.879 bits per heavy atom. The van der Waals surface area contributed by atoms with E-state index in [0.29, 0.717) is 13.0 Å². The number of carbonyl (C=O) groups excluding carboxylic acids is 1. The zero-order valence-corrected chi connectivity index (χ0v) is 19.3. The van der Waals surface area contributed by atoms with Crippen LogP contribution in [-0.2, 0) is 17.8 Å². The van der Waals surface area contributed by atoms with Gasteiger partial charge < -0.3 is 14.4 Å². The Balaban J connectivity index is 1.24. The molecule has 1 amide bonds. The Hall–Kier alpha value is -3.31. The van der Waals surface area contributed by atoms with Crippen LogP contribution in [0.3, 0.4) is 0 Å². The van der Waals surface area contributed by atoms with E-state index in [0.717, 1.165) is 49.0 Å². The van der Waals surface area contributed by atoms with Gasteiger partial charge in [0.05, 0.1) is 0 Å². The Morgan fingerprint density at radius 3 is 2.42 bits per heavy atom. The van der Waals surface area contributed by atoms with E-state index in [4.69, 9.17) is 11.6 Å². The van der Waals surface area contributed by atoms with Crippen LogP contribution in [0, 0.1) is 0 Å². The lowest BCUT2D eigenvalue weighted by molar-refractivity contribution is -0.131. The van der Waals surface area contributed by atoms with Gasteiger partial charge in [-0.25, -0.2) is 4.98 Å². The standard InChI is InChI=1S/C27H27ClN4O/c28-24-9-3-1-7-22(24)20-32-19-21(23-8-2-4-10-25(23)32)12-13-27(33)31-17-15-30(16-18-31)26-11-5-6-14-29-26/h1-11,14,19H,12-13,15-18,20H2. The number of rotatable bonds is 6. The van der Waals surface area contributed by atoms with Crippen molar-refractivity contribution in [2.75, 3.05) is 31.1 Å². The van der Waals surface area contributed by atoms with E-state index in [1.54, 1.807) is 0 Å². The SMILES string of the molecule is O=C(CCc1cn(Cc2ccccc2Cl)c2ccccc12)N1CCN(c2ccccn2)CC1. The number of halogens is 1. The van der Waals surface area contributed by atoms with Crippen LogP contribution < -0.4 is 4.90 Å². The highest BCUT2D eigenvalue weighted by molar-refractivity contribution is 6.31. The fraction of sp³-hybridized carbons (Fsp3) is 0.259. The van der Waals surface area contributed by atoms with E-state index in [2.05, 4.69) is 51.0 Å². The summed E-state index contributed by atoms with van der Waals surface area (Å²) in [7, 11) is 0. The fourth-order valence-corrected chi connectivity index (χ4v) is 4.78. The van der Waals surface area contributed by atoms with E-state index >= 15 is 0 Å². The summed E-state index contributed by atoms with van der Waals surface area (Å²) in [4.78, 5) is 21.6. The summed E-state index contributed by atoms with van der Waals surface area (Å²) in [6.45, 7) is 3.83. The van der Waals surface area contributed by atoms with Gasteiger partial charge in [-0.05, 0) is 41.8 Å². The van der Waals surface area contributed by atoms with Crippen LogP contribution in [0.5, 0.6) is 0 Å². The zero-order chi connectivity index (χ0) is 22.6. The lowest BCUT2D eigenvalue weighted by atomic mass is 10.1. The molecule has 3 heterocycles. The summed E-state index contributed by atoms with van der Waals surface area (Å²) < 4.78 is 2.24. The lowest BCUT2D eigenvalue weighted by Crippen LogP contribution is -2.49. The minimum absolute atomic E-state index is 0.221. The summed E-state index contributed by atoms with van der Waals surface area (Å²) in [6.07, 6.45) is 5.24. The first-order valence-corrected chi connectivity index (χ1v) is 11.8. The molecular formula is C27H27ClN4O. The molecule has 4 aromatic rings. The molecule has 1 fully saturated rings. The molecule has 5 rings (SSSR count). The average molecular weight is 459 g/mol. The molecular weight excluding hydrogens is 432 g/mol. The van der Waals surface area contributed by atoms with E-state index in [-0.39, 0.29) is 5.91 Å². The molecule has 2 aromatic carbocycles. The predicted molar refractivity (Wildman–Crippen MR) is 134 cm³/mol. The molecule has 0 unspecified atom stereocenters. The third kappa shape index (κ3) is 4.74. The summed E-state index contributed by atoms with van der Waals surface area (Å²) >= 11 is 6.40. The van der Waals surface area contributed by atoms with Crippen LogP contribution in [-0.4, -0.2) is 46.5 Å². The Morgan fingerprint density at radius 2 is 1.64 bits per heavy atom. The number of pyridine rings is 1. The summed E-state index contributed by atoms with van der Waals surface area (Å²) in [5.41, 5.74) is 3.47. The number of anilines is 1. The number of aromatic nitrogens is 2. The number of hydrogen-bond donors (Lipinski definition) is 0. The normalized spacial score (nSPS) is 14.1. The third-order valence-corrected chi connectivity index (χ3v) is 6.75. The number of nitrogens with zero attached hydrogens (tertiary/aromatic N) is 4. The minimum atomic E-state index is 0.221. The molecule has 33 heavy (non-hydrogen) atoms. The van der Waals surface area contributed by atoms with Gasteiger partial charge in [0.25, 0.3) is 0 Å². The van der Waals surface area contributed by atoms with Gasteiger partial charge in [-0.3, -0.25) is 4.79 Å². The molecule has 0 atom stereocenters. The lowest BCUT2D eigenvalue weighted by Gasteiger charge is -2.35. The van der Waals surface area contributed by atoms with Gasteiger partial charge in [-0.2, -0.15) is 0 Å². The molecule has 6 heteroatoms. The van der Waals surface area contributed by atoms with Crippen LogP contribution >= 0.6 is 11.6 Å². The molecule has 0 saturated carbocycles. The highest BCUT2D eigenvalue weighted by Crippen LogP contribution is 2.25. The van der Waals surface area contributed by atoms with Crippen molar-refractivity contribution >= 4 is 34.2 Å². The van der Waals surface area contributed by atoms with Crippen molar-refractivity contribution in [3.8, 4) is 0 Å². The summed E-state index contributed by atoms with van der Waals surface area (Å²) in [5, 5.41) is 1.98. The molecule has 2 aromatic heterocycles. The smallest absolute Gasteiger partial charge is 0.223 e. The molecule has 0 radical (unpaired) electrons. The molecule has 1 saturated heterocycles. The van der Waals surface area contributed by atoms with Crippen molar-refractivity contribution in [3.63, 3.8) is 0 Å². The maximum atomic E-state index is 13.0. The molecule has 0 spiro atoms. The van der Waals surface area contributed by atoms with Gasteiger partial charge in [-0.15, -0.1) is 0 Å². The van der Waals surface area contributed by atoms with Crippen LogP contribution in [0.1, 0.15) is 17.5 Å². The number of aryl methyl sites for hydroxylation is 1. The van der Waals surface area contributed by atoms with Crippen LogP contribution in [0.2, 0.25) is 5.02 Å². The Labute approximate surface area is 199 Å². The van der Waals surface area contributed by atoms with Gasteiger partial charge in [0.2, 0.25) is 5.91 Å². The first-order valence-electron chi connectivity index (χ1n) is 11.4. The van der Waals surface area contributed by atoms with Crippen molar-refractivity contribution in [2.45, 2.75) is 19.4 Å². The van der Waals surface area contributed by atoms with Gasteiger partial charge >= 0.3 is 0 Å². The topological polar surface area (TPSA) is 41.4 Å². The van der Waals surface area contributed by atoms with Gasteiger partial charge in [0, 0.05) is 67.5 Å². The molecule has 0 bridgehead atoms. The first kappa shape index (κ1) is 21.5. The molecule has 168 valence electrons. The number of amides is 1. The second-order valence-corrected chi connectivity index (χ2v) is 8.85. The number of benzene rings is 2. The molecule has 0 aliphatic carbocycles. The van der Waals surface area contributed by atoms with Crippen molar-refractivity contribution in [2.24, 2.45) is 0 Å². The monoisotopic (exact) mass is 458 g/mol. The van der Waals surface area contributed by atoms with E-state index in [1.807, 2.05) is 47.5 Å². The van der Waals surface area contributed by atoms with Crippen LogP contribution in [0.15, 0.2) is 79.1 Å². The number of hydrogen-bond acceptors (Lipinski definition) is 3. The van der Waals surface area contributed by atoms with Crippen molar-refractivity contribution in [3.05, 3.63) is 95.3 Å². The van der Waals surface area contributed by atoms with Crippen molar-refractivity contribution < 1.29 is 4.79 Å². The second-order valence-electron chi connectivity index (χ2n) is 8.45. The number of carbonyl (C=O) groups is 1. The van der Waals surface area contributed by atoms with Crippen molar-refractivity contribution in [1.82, 2.24) is 14.5 Å². The minimum Gasteiger partial charge on any atom is -0.353 e. The largest absolute Gasteiger partial charge is 0.353 e. The number of fused-ring (bicyclic) bond motifs is 1. The number of piperazine rings is 1. The molecule has 0 N–H and O–H groups in total. The van der Waals surface area contributed by atoms with Gasteiger partial charge in [0.15, 0.2) is 0 Å². The fourth-order valence-electron chi connectivity index (χ4n) is 4.59. The first-order chi connectivity index (χ1) is 16.2. The number of para-hydroxylation sites is 1. The Kier molecular flexibility index (Phi) is 6.31. The van der Waals surface area contributed by atoms with Gasteiger partial charge in [0.1, 0.15) is 5.82 Å². The predicted octanol–water partition coefficient (Wildman–Crippen LogP) is 5.02. The molecule has 1 aliphatic heterocycles. The second kappa shape index (κ2) is 9.67. The highest BCUT2D eigenvalue weighted by atomic mass is 35.5. The maximum absolute atomic E-state index is 13.0. The molecule has 5 nitrogen and oxygen atoms in total. The maximum Gasteiger partial charge on any atom is 0.223 e. The van der Waals surface area contributed by atoms with Gasteiger partial charge in [-0.1, -0.05) is 54.1 Å².